The molecule has 0 saturated heterocycles. The van der Waals surface area contributed by atoms with Crippen molar-refractivity contribution in [3.05, 3.63) is 42.0 Å². The average molecular weight is 475 g/mol. The third kappa shape index (κ3) is 7.19. The van der Waals surface area contributed by atoms with Gasteiger partial charge in [0, 0.05) is 5.56 Å². The second-order valence-electron chi connectivity index (χ2n) is 6.80. The van der Waals surface area contributed by atoms with Crippen LogP contribution >= 0.6 is 0 Å². The number of hydrazine groups is 1. The average Bonchev–Trinajstić information content (AvgIpc) is 2.85. The molecule has 3 amide bonds. The lowest BCUT2D eigenvalue weighted by Crippen LogP contribution is -2.50. The number of carbonyl (C=O) groups excluding carboxylic acids is 3. The summed E-state index contributed by atoms with van der Waals surface area (Å²) in [6.07, 6.45) is -0.882. The molecule has 2 aromatic rings. The first-order chi connectivity index (χ1) is 16.3. The Bertz CT molecular complexity index is 969. The molecule has 1 unspecified atom stereocenters. The molecule has 0 spiro atoms. The number of amides is 3. The fraction of sp³-hybridized carbons (Fsp3) is 0.348. The molecule has 0 aromatic heterocycles. The summed E-state index contributed by atoms with van der Waals surface area (Å²) in [7, 11) is 4.30. The lowest BCUT2D eigenvalue weighted by Gasteiger charge is -2.16. The van der Waals surface area contributed by atoms with E-state index in [0.717, 1.165) is 0 Å². The van der Waals surface area contributed by atoms with Gasteiger partial charge in [0.2, 0.25) is 5.75 Å². The van der Waals surface area contributed by atoms with Crippen molar-refractivity contribution in [3.8, 4) is 28.7 Å². The predicted molar refractivity (Wildman–Crippen MR) is 122 cm³/mol. The van der Waals surface area contributed by atoms with Crippen LogP contribution in [0.5, 0.6) is 28.7 Å². The minimum Gasteiger partial charge on any atom is -0.494 e. The van der Waals surface area contributed by atoms with Crippen LogP contribution in [-0.2, 0) is 9.59 Å². The lowest BCUT2D eigenvalue weighted by atomic mass is 10.1. The fourth-order valence-electron chi connectivity index (χ4n) is 2.79. The molecule has 3 N–H and O–H groups in total. The maximum absolute atomic E-state index is 12.4. The summed E-state index contributed by atoms with van der Waals surface area (Å²) in [5.74, 6) is 0.329. The zero-order chi connectivity index (χ0) is 25.1. The van der Waals surface area contributed by atoms with Gasteiger partial charge in [-0.1, -0.05) is 0 Å². The molecule has 2 rings (SSSR count). The van der Waals surface area contributed by atoms with E-state index in [2.05, 4.69) is 16.2 Å². The molecule has 0 fully saturated rings. The minimum atomic E-state index is -0.882. The Balaban J connectivity index is 1.83. The molecule has 0 heterocycles. The fourth-order valence-corrected chi connectivity index (χ4v) is 2.79. The zero-order valence-corrected chi connectivity index (χ0v) is 19.7. The lowest BCUT2D eigenvalue weighted by molar-refractivity contribution is -0.132. The number of rotatable bonds is 11. The van der Waals surface area contributed by atoms with E-state index < -0.39 is 23.8 Å². The van der Waals surface area contributed by atoms with E-state index in [-0.39, 0.29) is 12.1 Å². The Labute approximate surface area is 197 Å². The first-order valence-corrected chi connectivity index (χ1v) is 10.4. The zero-order valence-electron chi connectivity index (χ0n) is 19.7. The van der Waals surface area contributed by atoms with Gasteiger partial charge in [-0.25, -0.2) is 0 Å². The summed E-state index contributed by atoms with van der Waals surface area (Å²) in [6.45, 7) is 3.57. The van der Waals surface area contributed by atoms with Crippen LogP contribution in [0, 0.1) is 0 Å². The smallest absolute Gasteiger partial charge is 0.279 e. The molecule has 0 aliphatic carbocycles. The summed E-state index contributed by atoms with van der Waals surface area (Å²) in [6, 6.07) is 9.70. The van der Waals surface area contributed by atoms with Crippen molar-refractivity contribution in [1.82, 2.24) is 16.2 Å². The van der Waals surface area contributed by atoms with Gasteiger partial charge < -0.3 is 29.0 Å². The largest absolute Gasteiger partial charge is 0.494 e. The van der Waals surface area contributed by atoms with Gasteiger partial charge in [-0.05, 0) is 50.2 Å². The highest BCUT2D eigenvalue weighted by Gasteiger charge is 2.18. The Kier molecular flexibility index (Phi) is 9.81. The second-order valence-corrected chi connectivity index (χ2v) is 6.80. The number of methoxy groups -OCH3 is 3. The molecule has 0 aliphatic rings. The molecular formula is C23H29N3O8. The third-order valence-electron chi connectivity index (χ3n) is 4.48. The van der Waals surface area contributed by atoms with E-state index in [9.17, 15) is 14.4 Å². The number of hydrogen-bond donors (Lipinski definition) is 3. The van der Waals surface area contributed by atoms with Crippen LogP contribution in [0.25, 0.3) is 0 Å². The van der Waals surface area contributed by atoms with Crippen LogP contribution in [0.4, 0.5) is 0 Å². The highest BCUT2D eigenvalue weighted by Crippen LogP contribution is 2.38. The van der Waals surface area contributed by atoms with Crippen molar-refractivity contribution in [1.29, 1.82) is 0 Å². The van der Waals surface area contributed by atoms with Crippen molar-refractivity contribution in [2.75, 3.05) is 34.5 Å². The van der Waals surface area contributed by atoms with E-state index in [1.165, 1.54) is 40.4 Å². The predicted octanol–water partition coefficient (Wildman–Crippen LogP) is 1.46. The van der Waals surface area contributed by atoms with Crippen LogP contribution in [-0.4, -0.2) is 58.3 Å². The molecule has 0 radical (unpaired) electrons. The Morgan fingerprint density at radius 1 is 0.882 bits per heavy atom. The molecular weight excluding hydrogens is 446 g/mol. The van der Waals surface area contributed by atoms with Gasteiger partial charge in [0.15, 0.2) is 17.6 Å². The second kappa shape index (κ2) is 12.8. The van der Waals surface area contributed by atoms with Crippen molar-refractivity contribution >= 4 is 17.7 Å². The van der Waals surface area contributed by atoms with Gasteiger partial charge in [0.1, 0.15) is 11.5 Å². The maximum Gasteiger partial charge on any atom is 0.279 e. The summed E-state index contributed by atoms with van der Waals surface area (Å²) in [5, 5.41) is 2.45. The van der Waals surface area contributed by atoms with E-state index in [0.29, 0.717) is 35.4 Å². The molecule has 0 bridgehead atoms. The van der Waals surface area contributed by atoms with Gasteiger partial charge in [0.25, 0.3) is 17.7 Å². The van der Waals surface area contributed by atoms with Crippen LogP contribution in [0.2, 0.25) is 0 Å². The van der Waals surface area contributed by atoms with E-state index >= 15 is 0 Å². The topological polar surface area (TPSA) is 133 Å². The Morgan fingerprint density at radius 2 is 1.47 bits per heavy atom. The van der Waals surface area contributed by atoms with Crippen LogP contribution in [0.15, 0.2) is 36.4 Å². The Hall–Kier alpha value is -4.15. The van der Waals surface area contributed by atoms with Crippen molar-refractivity contribution < 1.29 is 38.1 Å². The number of benzene rings is 2. The molecule has 0 saturated carbocycles. The molecule has 2 aromatic carbocycles. The molecule has 0 aliphatic heterocycles. The van der Waals surface area contributed by atoms with Gasteiger partial charge in [-0.2, -0.15) is 0 Å². The summed E-state index contributed by atoms with van der Waals surface area (Å²) in [5.41, 5.74) is 4.67. The first-order valence-electron chi connectivity index (χ1n) is 10.4. The van der Waals surface area contributed by atoms with Gasteiger partial charge >= 0.3 is 0 Å². The van der Waals surface area contributed by atoms with Gasteiger partial charge in [0.05, 0.1) is 34.5 Å². The molecule has 11 heteroatoms. The van der Waals surface area contributed by atoms with Crippen molar-refractivity contribution in [2.24, 2.45) is 0 Å². The van der Waals surface area contributed by atoms with Crippen molar-refractivity contribution in [3.63, 3.8) is 0 Å². The maximum atomic E-state index is 12.4. The number of hydrogen-bond acceptors (Lipinski definition) is 8. The highest BCUT2D eigenvalue weighted by atomic mass is 16.5. The monoisotopic (exact) mass is 475 g/mol. The standard InChI is InChI=1S/C23H29N3O8/c1-6-33-16-7-9-17(10-8-16)34-14(2)22(28)26-25-20(27)13-24-23(29)15-11-18(30-3)21(32-5)19(12-15)31-4/h7-12,14H,6,13H2,1-5H3,(H,24,29)(H,25,27)(H,26,28). The molecule has 34 heavy (non-hydrogen) atoms. The highest BCUT2D eigenvalue weighted by molar-refractivity contribution is 5.97. The van der Waals surface area contributed by atoms with Crippen LogP contribution in [0.1, 0.15) is 24.2 Å². The van der Waals surface area contributed by atoms with Crippen molar-refractivity contribution in [2.45, 2.75) is 20.0 Å². The normalized spacial score (nSPS) is 11.0. The first kappa shape index (κ1) is 26.1. The van der Waals surface area contributed by atoms with Crippen LogP contribution < -0.4 is 39.9 Å². The minimum absolute atomic E-state index is 0.198. The van der Waals surface area contributed by atoms with Crippen LogP contribution in [0.3, 0.4) is 0 Å². The molecule has 184 valence electrons. The van der Waals surface area contributed by atoms with E-state index in [1.807, 2.05) is 6.92 Å². The molecule has 1 atom stereocenters. The number of ether oxygens (including phenoxy) is 5. The summed E-state index contributed by atoms with van der Waals surface area (Å²) in [4.78, 5) is 36.7. The third-order valence-corrected chi connectivity index (χ3v) is 4.48. The SMILES string of the molecule is CCOc1ccc(OC(C)C(=O)NNC(=O)CNC(=O)c2cc(OC)c(OC)c(OC)c2)cc1. The molecule has 11 nitrogen and oxygen atoms in total. The number of nitrogens with one attached hydrogen (secondary N) is 3. The quantitative estimate of drug-likeness (QED) is 0.416. The summed E-state index contributed by atoms with van der Waals surface area (Å²) >= 11 is 0. The van der Waals surface area contributed by atoms with Gasteiger partial charge in [-0.3, -0.25) is 25.2 Å². The van der Waals surface area contributed by atoms with E-state index in [1.54, 1.807) is 24.3 Å². The van der Waals surface area contributed by atoms with E-state index in [4.69, 9.17) is 23.7 Å². The Morgan fingerprint density at radius 3 is 2.00 bits per heavy atom. The summed E-state index contributed by atoms with van der Waals surface area (Å²) < 4.78 is 26.5. The van der Waals surface area contributed by atoms with Gasteiger partial charge in [-0.15, -0.1) is 0 Å². The number of carbonyl (C=O) groups is 3.